The standard InChI is InChI=1S/C92H129N23O19/c1-11-13-25-71-85(127)104-62(35-50(3)4)81(123)110-70(80(122)100-47-77(95)119)46-96-48-78(120)102-67(37-53-29-31-57(116)32-30-53)88(130)111(8)52(7)79(121)107-69(42-76(94)118)91(133)115-34-20-28-73(115)87(129)106-64(40-56-45-97-49-101-56)83(125)108-66(36-51(5)6)90(132)114-33-19-27-72(114)86(128)105-63(38-54-43-98-60-23-17-15-21-58(54)60)82(124)103-65(41-75(93)117)84(126)109-68(39-55-44-99-61-24-18-16-22-59(55)61)89(131)113(10)74(26-14-12-2)92(134)112(71)9/h15-18,21-24,29-32,43-45,49-52,62-74,96,98-99,116H,11-14,19-20,25-28,33-42,46-48H2,1-10H3,(H2,93,117)(H2,94,118)(H2,95,119)(H,97,101)(H,100,122)(H,102,120)(H,103,124)(H,104,127)(H,105,128)(H,106,129)(H,107,121)(H,108,125)(H,109,126)(H,110,123)/t52-,62?,63-,64-,65-,66-,67-,68-,69-,70-,71-,72-,73-,74-/m0/s1. The summed E-state index contributed by atoms with van der Waals surface area (Å²) in [5.41, 5.74) is 20.1. The molecule has 42 nitrogen and oxygen atoms in total. The quantitative estimate of drug-likeness (QED) is 0.0314. The first-order chi connectivity index (χ1) is 63.7. The van der Waals surface area contributed by atoms with Crippen LogP contribution in [0.4, 0.5) is 0 Å². The molecule has 0 radical (unpaired) electrons. The second kappa shape index (κ2) is 49.1. The number of likely N-dealkylation sites (N-methyl/N-ethyl adjacent to an activating group) is 3. The first-order valence-corrected chi connectivity index (χ1v) is 45.6. The highest BCUT2D eigenvalue weighted by molar-refractivity contribution is 6.03. The molecule has 726 valence electrons. The molecule has 0 aliphatic carbocycles. The van der Waals surface area contributed by atoms with Crippen LogP contribution in [0, 0.1) is 11.8 Å². The topological polar surface area (TPSA) is 614 Å². The SMILES string of the molecule is CCCC[C@H]1C(=O)N(C)[C@@H](CCCC)C(=O)NC(CC(C)C)C(=O)N[C@H](C(=O)NCC(N)=O)CNCC(=O)N[C@@H](Cc2ccc(O)cc2)C(=O)N(C)[C@@H](C)C(=O)N[C@@H](CC(N)=O)C(=O)N2CCC[C@H]2C(=O)N[C@@H](Cc2cnc[nH]2)C(=O)N[C@@H](CC(C)C)C(=O)N2CCC[C@H]2C(=O)N[C@@H](Cc2c[nH]c3ccccc23)C(=O)N[C@@H](CC(N)=O)C(=O)N[C@@H](Cc2c[nH]c3ccccc23)C(=O)N1C. The van der Waals surface area contributed by atoms with Crippen molar-refractivity contribution < 1.29 is 91.4 Å². The molecular formula is C92H129N23O19. The van der Waals surface area contributed by atoms with Gasteiger partial charge in [-0.25, -0.2) is 4.98 Å². The Morgan fingerprint density at radius 1 is 0.478 bits per heavy atom. The lowest BCUT2D eigenvalue weighted by Crippen LogP contribution is -2.61. The number of benzene rings is 3. The van der Waals surface area contributed by atoms with Crippen LogP contribution in [0.5, 0.6) is 5.75 Å². The molecule has 0 spiro atoms. The fraction of sp³-hybridized carbons (Fsp3) is 0.533. The normalized spacial score (nSPS) is 24.4. The fourth-order valence-electron chi connectivity index (χ4n) is 17.0. The van der Waals surface area contributed by atoms with Crippen molar-refractivity contribution >= 4 is 128 Å². The molecule has 3 aliphatic heterocycles. The molecule has 3 fully saturated rings. The lowest BCUT2D eigenvalue weighted by molar-refractivity contribution is -0.149. The molecule has 0 bridgehead atoms. The number of hydrogen-bond donors (Lipinski definition) is 18. The van der Waals surface area contributed by atoms with Gasteiger partial charge in [-0.3, -0.25) is 86.3 Å². The summed E-state index contributed by atoms with van der Waals surface area (Å²) in [5, 5.41) is 41.0. The van der Waals surface area contributed by atoms with Crippen molar-refractivity contribution in [2.45, 2.75) is 249 Å². The second-order valence-corrected chi connectivity index (χ2v) is 35.5. The Hall–Kier alpha value is -13.8. The van der Waals surface area contributed by atoms with E-state index in [0.29, 0.717) is 69.9 Å². The number of aromatic nitrogens is 4. The molecule has 0 saturated carbocycles. The third kappa shape index (κ3) is 28.6. The minimum Gasteiger partial charge on any atom is -0.508 e. The maximum absolute atomic E-state index is 15.8. The average Bonchev–Trinajstić information content (AvgIpc) is 1.60. The van der Waals surface area contributed by atoms with Crippen molar-refractivity contribution in [3.63, 3.8) is 0 Å². The van der Waals surface area contributed by atoms with Crippen molar-refractivity contribution in [1.29, 1.82) is 0 Å². The van der Waals surface area contributed by atoms with Gasteiger partial charge in [-0.1, -0.05) is 116 Å². The van der Waals surface area contributed by atoms with E-state index in [2.05, 4.69) is 78.4 Å². The maximum Gasteiger partial charge on any atom is 0.246 e. The van der Waals surface area contributed by atoms with E-state index in [1.54, 1.807) is 88.6 Å². The molecule has 3 saturated heterocycles. The zero-order valence-corrected chi connectivity index (χ0v) is 77.4. The van der Waals surface area contributed by atoms with Gasteiger partial charge in [0.15, 0.2) is 0 Å². The number of unbranched alkanes of at least 4 members (excludes halogenated alkanes) is 2. The molecule has 14 atom stereocenters. The monoisotopic (exact) mass is 1860 g/mol. The highest BCUT2D eigenvalue weighted by atomic mass is 16.3. The number of aromatic amines is 3. The Balaban J connectivity index is 1.10. The predicted molar refractivity (Wildman–Crippen MR) is 491 cm³/mol. The second-order valence-electron chi connectivity index (χ2n) is 35.5. The van der Waals surface area contributed by atoms with E-state index in [0.717, 1.165) is 14.7 Å². The summed E-state index contributed by atoms with van der Waals surface area (Å²) in [6.07, 6.45) is 5.42. The number of phenolic OH excluding ortho intramolecular Hbond substituents is 1. The highest BCUT2D eigenvalue weighted by Gasteiger charge is 2.46. The van der Waals surface area contributed by atoms with Gasteiger partial charge in [0, 0.05) is 113 Å². The van der Waals surface area contributed by atoms with Gasteiger partial charge < -0.3 is 120 Å². The third-order valence-corrected chi connectivity index (χ3v) is 24.4. The van der Waals surface area contributed by atoms with Gasteiger partial charge in [-0.15, -0.1) is 0 Å². The van der Waals surface area contributed by atoms with Crippen LogP contribution in [0.15, 0.2) is 97.7 Å². The van der Waals surface area contributed by atoms with Crippen LogP contribution in [0.25, 0.3) is 21.8 Å². The molecule has 3 aromatic carbocycles. The van der Waals surface area contributed by atoms with Gasteiger partial charge in [0.05, 0.1) is 32.3 Å². The van der Waals surface area contributed by atoms with E-state index in [9.17, 15) is 53.1 Å². The Labute approximate surface area is 776 Å². The zero-order chi connectivity index (χ0) is 97.9. The number of fused-ring (bicyclic) bond motifs is 4. The van der Waals surface area contributed by atoms with Crippen molar-refractivity contribution in [1.82, 2.24) is 103 Å². The molecule has 1 unspecified atom stereocenters. The molecule has 9 rings (SSSR count). The average molecular weight is 1860 g/mol. The number of para-hydroxylation sites is 2. The number of carbonyl (C=O) groups is 18. The Morgan fingerprint density at radius 3 is 1.49 bits per heavy atom. The summed E-state index contributed by atoms with van der Waals surface area (Å²) in [4.78, 5) is 283. The number of hydrogen-bond acceptors (Lipinski definition) is 21. The number of carbonyl (C=O) groups excluding carboxylic acids is 18. The van der Waals surface area contributed by atoms with Crippen LogP contribution in [0.1, 0.15) is 161 Å². The molecular weight excluding hydrogens is 1730 g/mol. The minimum atomic E-state index is -1.87. The number of aromatic hydroxyl groups is 1. The lowest BCUT2D eigenvalue weighted by Gasteiger charge is -2.36. The smallest absolute Gasteiger partial charge is 0.246 e. The third-order valence-electron chi connectivity index (χ3n) is 24.4. The van der Waals surface area contributed by atoms with Crippen molar-refractivity contribution in [2.75, 3.05) is 53.9 Å². The van der Waals surface area contributed by atoms with Gasteiger partial charge in [-0.05, 0) is 111 Å². The summed E-state index contributed by atoms with van der Waals surface area (Å²) in [6, 6.07) is -1.42. The van der Waals surface area contributed by atoms with Gasteiger partial charge in [-0.2, -0.15) is 0 Å². The van der Waals surface area contributed by atoms with Crippen LogP contribution < -0.4 is 75.7 Å². The number of nitrogens with zero attached hydrogens (tertiary/aromatic N) is 6. The highest BCUT2D eigenvalue weighted by Crippen LogP contribution is 2.28. The summed E-state index contributed by atoms with van der Waals surface area (Å²) in [6.45, 7) is 10.0. The van der Waals surface area contributed by atoms with Crippen molar-refractivity contribution in [2.24, 2.45) is 29.0 Å². The lowest BCUT2D eigenvalue weighted by atomic mass is 9.99. The van der Waals surface area contributed by atoms with E-state index in [1.165, 1.54) is 74.7 Å². The number of rotatable bonds is 25. The van der Waals surface area contributed by atoms with E-state index in [-0.39, 0.29) is 108 Å². The van der Waals surface area contributed by atoms with Gasteiger partial charge in [0.1, 0.15) is 90.3 Å². The maximum atomic E-state index is 15.8. The Bertz CT molecular complexity index is 5190. The molecule has 3 aromatic heterocycles. The number of nitrogens with one attached hydrogen (secondary N) is 14. The van der Waals surface area contributed by atoms with Crippen LogP contribution in [-0.4, -0.2) is 294 Å². The van der Waals surface area contributed by atoms with E-state index in [1.807, 2.05) is 13.8 Å². The van der Waals surface area contributed by atoms with E-state index in [4.69, 9.17) is 17.2 Å². The largest absolute Gasteiger partial charge is 0.508 e. The van der Waals surface area contributed by atoms with Crippen LogP contribution in [0.2, 0.25) is 0 Å². The van der Waals surface area contributed by atoms with Crippen molar-refractivity contribution in [3.05, 3.63) is 120 Å². The Morgan fingerprint density at radius 2 is 0.940 bits per heavy atom. The number of imidazole rings is 1. The first kappa shape index (κ1) is 104. The van der Waals surface area contributed by atoms with Gasteiger partial charge >= 0.3 is 0 Å². The minimum absolute atomic E-state index is 0.00423. The van der Waals surface area contributed by atoms with E-state index >= 15 is 38.4 Å². The number of amides is 18. The summed E-state index contributed by atoms with van der Waals surface area (Å²) < 4.78 is 0. The number of nitrogens with two attached hydrogens (primary N) is 3. The predicted octanol–water partition coefficient (Wildman–Crippen LogP) is -1.38. The molecule has 134 heavy (non-hydrogen) atoms. The van der Waals surface area contributed by atoms with Crippen LogP contribution >= 0.6 is 0 Å². The number of primary amides is 3. The number of H-pyrrole nitrogens is 3. The summed E-state index contributed by atoms with van der Waals surface area (Å²) >= 11 is 0. The van der Waals surface area contributed by atoms with Crippen LogP contribution in [-0.2, 0) is 112 Å². The van der Waals surface area contributed by atoms with E-state index < -0.39 is 223 Å². The van der Waals surface area contributed by atoms with Crippen LogP contribution in [0.3, 0.4) is 0 Å². The molecule has 3 aliphatic rings. The number of phenols is 1. The van der Waals surface area contributed by atoms with Gasteiger partial charge in [0.2, 0.25) is 106 Å². The summed E-state index contributed by atoms with van der Waals surface area (Å²) in [7, 11) is 3.95. The summed E-state index contributed by atoms with van der Waals surface area (Å²) in [5.74, 6) is -17.4. The fourth-order valence-corrected chi connectivity index (χ4v) is 17.0. The first-order valence-electron chi connectivity index (χ1n) is 45.6. The van der Waals surface area contributed by atoms with Crippen molar-refractivity contribution in [3.8, 4) is 5.75 Å². The molecule has 42 heteroatoms. The molecule has 18 amide bonds. The molecule has 6 aromatic rings. The molecule has 6 heterocycles. The van der Waals surface area contributed by atoms with Gasteiger partial charge in [0.25, 0.3) is 0 Å². The Kier molecular flexibility index (Phi) is 38.0. The zero-order valence-electron chi connectivity index (χ0n) is 77.4. The molecule has 21 N–H and O–H groups in total.